The number of esters is 1. The second kappa shape index (κ2) is 7.08. The zero-order valence-electron chi connectivity index (χ0n) is 15.4. The van der Waals surface area contributed by atoms with E-state index in [1.54, 1.807) is 6.07 Å². The van der Waals surface area contributed by atoms with Crippen LogP contribution in [0.4, 0.5) is 0 Å². The van der Waals surface area contributed by atoms with E-state index in [-0.39, 0.29) is 29.8 Å². The molecule has 1 saturated heterocycles. The van der Waals surface area contributed by atoms with Gasteiger partial charge in [0.1, 0.15) is 0 Å². The molecular formula is C22H25NO4. The summed E-state index contributed by atoms with van der Waals surface area (Å²) in [6.45, 7) is 2.05. The molecule has 0 radical (unpaired) electrons. The Morgan fingerprint density at radius 2 is 2.00 bits per heavy atom. The van der Waals surface area contributed by atoms with Gasteiger partial charge < -0.3 is 14.9 Å². The van der Waals surface area contributed by atoms with Crippen molar-refractivity contribution in [1.29, 1.82) is 0 Å². The molecule has 0 bridgehead atoms. The monoisotopic (exact) mass is 367 g/mol. The molecule has 1 spiro atoms. The molecule has 4 rings (SSSR count). The predicted molar refractivity (Wildman–Crippen MR) is 101 cm³/mol. The van der Waals surface area contributed by atoms with Crippen molar-refractivity contribution in [3.8, 4) is 0 Å². The number of carbonyl (C=O) groups excluding carboxylic acids is 1. The number of hydrogen-bond donors (Lipinski definition) is 2. The van der Waals surface area contributed by atoms with E-state index in [4.69, 9.17) is 4.74 Å². The molecule has 1 aliphatic carbocycles. The number of aliphatic hydroxyl groups excluding tert-OH is 2. The molecule has 2 N–H and O–H groups in total. The number of β-amino-alcohol motifs (C(OH)–C–C–N with tert-alkyl or cyclic N) is 1. The quantitative estimate of drug-likeness (QED) is 0.792. The summed E-state index contributed by atoms with van der Waals surface area (Å²) >= 11 is 0. The lowest BCUT2D eigenvalue weighted by Crippen LogP contribution is -2.23. The van der Waals surface area contributed by atoms with Crippen LogP contribution in [0.5, 0.6) is 0 Å². The minimum atomic E-state index is -0.469. The van der Waals surface area contributed by atoms with E-state index in [0.29, 0.717) is 18.7 Å². The smallest absolute Gasteiger partial charge is 0.337 e. The maximum Gasteiger partial charge on any atom is 0.337 e. The zero-order chi connectivity index (χ0) is 19.0. The molecule has 0 unspecified atom stereocenters. The van der Waals surface area contributed by atoms with Gasteiger partial charge in [0, 0.05) is 31.7 Å². The van der Waals surface area contributed by atoms with Gasteiger partial charge in [-0.2, -0.15) is 0 Å². The van der Waals surface area contributed by atoms with Crippen LogP contribution in [0.2, 0.25) is 0 Å². The summed E-state index contributed by atoms with van der Waals surface area (Å²) in [6.07, 6.45) is -0.469. The van der Waals surface area contributed by atoms with E-state index in [9.17, 15) is 15.0 Å². The van der Waals surface area contributed by atoms with Crippen LogP contribution >= 0.6 is 0 Å². The van der Waals surface area contributed by atoms with Gasteiger partial charge in [-0.15, -0.1) is 0 Å². The van der Waals surface area contributed by atoms with Crippen LogP contribution < -0.4 is 0 Å². The van der Waals surface area contributed by atoms with E-state index in [1.165, 1.54) is 12.7 Å². The summed E-state index contributed by atoms with van der Waals surface area (Å²) in [5, 5.41) is 20.8. The second-order valence-corrected chi connectivity index (χ2v) is 7.67. The van der Waals surface area contributed by atoms with Gasteiger partial charge in [0.15, 0.2) is 0 Å². The van der Waals surface area contributed by atoms with Gasteiger partial charge in [-0.05, 0) is 35.1 Å². The Balaban J connectivity index is 1.51. The van der Waals surface area contributed by atoms with Crippen LogP contribution in [0.15, 0.2) is 54.6 Å². The molecule has 142 valence electrons. The highest BCUT2D eigenvalue weighted by Gasteiger charge is 2.70. The lowest BCUT2D eigenvalue weighted by atomic mass is 9.95. The van der Waals surface area contributed by atoms with Gasteiger partial charge in [-0.1, -0.05) is 42.5 Å². The van der Waals surface area contributed by atoms with E-state index < -0.39 is 6.10 Å². The van der Waals surface area contributed by atoms with Crippen molar-refractivity contribution in [3.05, 3.63) is 71.3 Å². The van der Waals surface area contributed by atoms with E-state index in [2.05, 4.69) is 17.0 Å². The first kappa shape index (κ1) is 18.2. The van der Waals surface area contributed by atoms with Gasteiger partial charge in [0.05, 0.1) is 18.8 Å². The van der Waals surface area contributed by atoms with Crippen molar-refractivity contribution in [2.75, 3.05) is 26.8 Å². The summed E-state index contributed by atoms with van der Waals surface area (Å²) in [6, 6.07) is 17.6. The lowest BCUT2D eigenvalue weighted by molar-refractivity contribution is 0.0600. The molecule has 5 nitrogen and oxygen atoms in total. The molecule has 27 heavy (non-hydrogen) atoms. The van der Waals surface area contributed by atoms with Crippen LogP contribution in [0.25, 0.3) is 0 Å². The Morgan fingerprint density at radius 1 is 1.22 bits per heavy atom. The van der Waals surface area contributed by atoms with E-state index in [0.717, 1.165) is 12.1 Å². The first-order valence-corrected chi connectivity index (χ1v) is 9.33. The fourth-order valence-electron chi connectivity index (χ4n) is 4.95. The van der Waals surface area contributed by atoms with Crippen molar-refractivity contribution < 1.29 is 19.7 Å². The molecule has 2 fully saturated rings. The molecule has 2 aromatic carbocycles. The molecule has 5 heteroatoms. The first-order chi connectivity index (χ1) is 13.1. The normalized spacial score (nSPS) is 29.8. The Labute approximate surface area is 159 Å². The summed E-state index contributed by atoms with van der Waals surface area (Å²) in [7, 11) is 1.38. The molecule has 1 heterocycles. The van der Waals surface area contributed by atoms with Crippen molar-refractivity contribution >= 4 is 5.97 Å². The fourth-order valence-corrected chi connectivity index (χ4v) is 4.95. The number of nitrogens with zero attached hydrogens (tertiary/aromatic N) is 1. The standard InChI is InChI=1S/C22H25NO4/c1-27-21(26)17-9-5-6-15(10-17)11-23-12-19(25)22(14-23)18(13-24)20(22)16-7-3-2-4-8-16/h2-10,18-20,24-25H,11-14H2,1H3/t18-,19+,20-,22-/m1/s1. The third-order valence-electron chi connectivity index (χ3n) is 6.22. The highest BCUT2D eigenvalue weighted by Crippen LogP contribution is 2.68. The largest absolute Gasteiger partial charge is 0.465 e. The van der Waals surface area contributed by atoms with Crippen molar-refractivity contribution in [2.24, 2.45) is 11.3 Å². The van der Waals surface area contributed by atoms with Gasteiger partial charge >= 0.3 is 5.97 Å². The number of benzene rings is 2. The highest BCUT2D eigenvalue weighted by atomic mass is 16.5. The molecule has 2 aromatic rings. The minimum absolute atomic E-state index is 0.0845. The number of carbonyl (C=O) groups is 1. The zero-order valence-corrected chi connectivity index (χ0v) is 15.4. The van der Waals surface area contributed by atoms with Crippen molar-refractivity contribution in [1.82, 2.24) is 4.90 Å². The Kier molecular flexibility index (Phi) is 4.76. The predicted octanol–water partition coefficient (Wildman–Crippen LogP) is 2.04. The summed E-state index contributed by atoms with van der Waals surface area (Å²) in [4.78, 5) is 14.0. The third-order valence-corrected chi connectivity index (χ3v) is 6.22. The van der Waals surface area contributed by atoms with Crippen molar-refractivity contribution in [3.63, 3.8) is 0 Å². The number of likely N-dealkylation sites (tertiary alicyclic amines) is 1. The van der Waals surface area contributed by atoms with Crippen LogP contribution in [0, 0.1) is 11.3 Å². The molecule has 4 atom stereocenters. The van der Waals surface area contributed by atoms with Crippen LogP contribution in [0.3, 0.4) is 0 Å². The van der Waals surface area contributed by atoms with Crippen LogP contribution in [-0.4, -0.2) is 54.0 Å². The van der Waals surface area contributed by atoms with E-state index >= 15 is 0 Å². The second-order valence-electron chi connectivity index (χ2n) is 7.67. The number of aliphatic hydroxyl groups is 2. The number of hydrogen-bond acceptors (Lipinski definition) is 5. The third kappa shape index (κ3) is 3.06. The van der Waals surface area contributed by atoms with Crippen LogP contribution in [-0.2, 0) is 11.3 Å². The Morgan fingerprint density at radius 3 is 2.70 bits per heavy atom. The molecule has 1 aliphatic heterocycles. The van der Waals surface area contributed by atoms with E-state index in [1.807, 2.05) is 36.4 Å². The highest BCUT2D eigenvalue weighted by molar-refractivity contribution is 5.89. The average molecular weight is 367 g/mol. The number of rotatable bonds is 5. The number of methoxy groups -OCH3 is 1. The Hall–Kier alpha value is -2.21. The summed E-state index contributed by atoms with van der Waals surface area (Å²) in [5.74, 6) is -0.0761. The summed E-state index contributed by atoms with van der Waals surface area (Å²) in [5.41, 5.74) is 2.45. The van der Waals surface area contributed by atoms with Gasteiger partial charge in [-0.3, -0.25) is 4.90 Å². The van der Waals surface area contributed by atoms with Crippen LogP contribution in [0.1, 0.15) is 27.4 Å². The molecule has 2 aliphatic rings. The average Bonchev–Trinajstić information content (AvgIpc) is 3.25. The Bertz CT molecular complexity index is 824. The minimum Gasteiger partial charge on any atom is -0.465 e. The maximum atomic E-state index is 11.7. The topological polar surface area (TPSA) is 70.0 Å². The SMILES string of the molecule is COC(=O)c1cccc(CN2C[C@H](O)[C@@]3(C2)[C@H](CO)[C@H]3c2ccccc2)c1. The lowest BCUT2D eigenvalue weighted by Gasteiger charge is -2.17. The van der Waals surface area contributed by atoms with Gasteiger partial charge in [-0.25, -0.2) is 4.79 Å². The number of ether oxygens (including phenoxy) is 1. The van der Waals surface area contributed by atoms with Gasteiger partial charge in [0.25, 0.3) is 0 Å². The fraction of sp³-hybridized carbons (Fsp3) is 0.409. The molecule has 0 aromatic heterocycles. The summed E-state index contributed by atoms with van der Waals surface area (Å²) < 4.78 is 4.79. The first-order valence-electron chi connectivity index (χ1n) is 9.33. The van der Waals surface area contributed by atoms with Gasteiger partial charge in [0.2, 0.25) is 0 Å². The molecule has 1 saturated carbocycles. The molecule has 0 amide bonds. The molecular weight excluding hydrogens is 342 g/mol. The maximum absolute atomic E-state index is 11.7. The van der Waals surface area contributed by atoms with Crippen molar-refractivity contribution in [2.45, 2.75) is 18.6 Å².